The van der Waals surface area contributed by atoms with E-state index in [-0.39, 0.29) is 6.09 Å². The van der Waals surface area contributed by atoms with E-state index in [1.54, 1.807) is 17.0 Å². The second-order valence-electron chi connectivity index (χ2n) is 2.84. The van der Waals surface area contributed by atoms with Gasteiger partial charge in [0.1, 0.15) is 6.61 Å². The molecule has 1 aromatic carbocycles. The van der Waals surface area contributed by atoms with Gasteiger partial charge in [0, 0.05) is 0 Å². The minimum Gasteiger partial charge on any atom is -0.447 e. The lowest BCUT2D eigenvalue weighted by atomic mass is 10.3. The number of cyclic esters (lactones) is 1. The van der Waals surface area contributed by atoms with Gasteiger partial charge in [0.15, 0.2) is 0 Å². The van der Waals surface area contributed by atoms with Gasteiger partial charge >= 0.3 is 6.09 Å². The lowest BCUT2D eigenvalue weighted by molar-refractivity contribution is 0.181. The SMILES string of the molecule is O=C1OCCN1c1cccc(Cl)c1Br. The molecule has 0 aliphatic carbocycles. The third-order valence-electron chi connectivity index (χ3n) is 1.98. The number of hydrogen-bond donors (Lipinski definition) is 0. The summed E-state index contributed by atoms with van der Waals surface area (Å²) < 4.78 is 5.56. The Morgan fingerprint density at radius 1 is 1.50 bits per heavy atom. The number of nitrogens with zero attached hydrogens (tertiary/aromatic N) is 1. The van der Waals surface area contributed by atoms with E-state index in [9.17, 15) is 4.79 Å². The number of hydrogen-bond acceptors (Lipinski definition) is 2. The quantitative estimate of drug-likeness (QED) is 0.789. The van der Waals surface area contributed by atoms with Crippen molar-refractivity contribution in [1.82, 2.24) is 0 Å². The maximum atomic E-state index is 11.3. The summed E-state index contributed by atoms with van der Waals surface area (Å²) in [6.07, 6.45) is -0.326. The monoisotopic (exact) mass is 275 g/mol. The van der Waals surface area contributed by atoms with Gasteiger partial charge in [-0.05, 0) is 28.1 Å². The van der Waals surface area contributed by atoms with Crippen molar-refractivity contribution in [3.8, 4) is 0 Å². The van der Waals surface area contributed by atoms with Crippen LogP contribution in [0.1, 0.15) is 0 Å². The Labute approximate surface area is 94.7 Å². The van der Waals surface area contributed by atoms with Gasteiger partial charge in [-0.3, -0.25) is 4.90 Å². The first-order chi connectivity index (χ1) is 6.70. The number of carbonyl (C=O) groups excluding carboxylic acids is 1. The van der Waals surface area contributed by atoms with Crippen LogP contribution in [0.25, 0.3) is 0 Å². The first kappa shape index (κ1) is 9.80. The molecule has 1 aromatic rings. The molecule has 0 N–H and O–H groups in total. The van der Waals surface area contributed by atoms with Gasteiger partial charge in [0.2, 0.25) is 0 Å². The number of ether oxygens (including phenoxy) is 1. The molecular formula is C9H7BrClNO2. The van der Waals surface area contributed by atoms with E-state index < -0.39 is 0 Å². The summed E-state index contributed by atoms with van der Waals surface area (Å²) in [7, 11) is 0. The predicted octanol–water partition coefficient (Wildman–Crippen LogP) is 3.06. The third-order valence-corrected chi connectivity index (χ3v) is 3.36. The van der Waals surface area contributed by atoms with Crippen LogP contribution >= 0.6 is 27.5 Å². The standard InChI is InChI=1S/C9H7BrClNO2/c10-8-6(11)2-1-3-7(8)12-4-5-14-9(12)13/h1-3H,4-5H2. The van der Waals surface area contributed by atoms with Crippen LogP contribution in [0.2, 0.25) is 5.02 Å². The molecule has 3 nitrogen and oxygen atoms in total. The molecule has 5 heteroatoms. The minimum absolute atomic E-state index is 0.326. The molecule has 0 bridgehead atoms. The van der Waals surface area contributed by atoms with E-state index in [0.717, 1.165) is 10.2 Å². The van der Waals surface area contributed by atoms with Crippen molar-refractivity contribution >= 4 is 39.3 Å². The Morgan fingerprint density at radius 3 is 2.93 bits per heavy atom. The summed E-state index contributed by atoms with van der Waals surface area (Å²) in [5, 5.41) is 0.585. The van der Waals surface area contributed by atoms with Gasteiger partial charge in [-0.1, -0.05) is 17.7 Å². The highest BCUT2D eigenvalue weighted by molar-refractivity contribution is 9.10. The summed E-state index contributed by atoms with van der Waals surface area (Å²) in [5.74, 6) is 0. The molecule has 0 unspecified atom stereocenters. The van der Waals surface area contributed by atoms with E-state index in [4.69, 9.17) is 16.3 Å². The van der Waals surface area contributed by atoms with Crippen molar-refractivity contribution in [2.75, 3.05) is 18.1 Å². The molecule has 1 amide bonds. The van der Waals surface area contributed by atoms with Gasteiger partial charge in [-0.25, -0.2) is 4.79 Å². The molecule has 0 aromatic heterocycles. The second-order valence-corrected chi connectivity index (χ2v) is 4.04. The molecule has 14 heavy (non-hydrogen) atoms. The van der Waals surface area contributed by atoms with Crippen LogP contribution in [0, 0.1) is 0 Å². The minimum atomic E-state index is -0.326. The van der Waals surface area contributed by atoms with Crippen molar-refractivity contribution in [2.45, 2.75) is 0 Å². The summed E-state index contributed by atoms with van der Waals surface area (Å²) >= 11 is 9.25. The second kappa shape index (κ2) is 3.79. The van der Waals surface area contributed by atoms with Crippen LogP contribution < -0.4 is 4.90 Å². The summed E-state index contributed by atoms with van der Waals surface area (Å²) in [6.45, 7) is 0.996. The first-order valence-corrected chi connectivity index (χ1v) is 5.25. The highest BCUT2D eigenvalue weighted by Crippen LogP contribution is 2.33. The summed E-state index contributed by atoms with van der Waals surface area (Å²) in [5.41, 5.74) is 0.750. The van der Waals surface area contributed by atoms with Gasteiger partial charge in [0.25, 0.3) is 0 Å². The Bertz CT molecular complexity index is 383. The molecule has 74 valence electrons. The maximum absolute atomic E-state index is 11.3. The third kappa shape index (κ3) is 1.60. The fourth-order valence-electron chi connectivity index (χ4n) is 1.31. The van der Waals surface area contributed by atoms with Gasteiger partial charge in [0.05, 0.1) is 21.7 Å². The van der Waals surface area contributed by atoms with Crippen LogP contribution in [-0.4, -0.2) is 19.2 Å². The summed E-state index contributed by atoms with van der Waals surface area (Å²) in [4.78, 5) is 12.8. The van der Waals surface area contributed by atoms with E-state index in [2.05, 4.69) is 15.9 Å². The average molecular weight is 277 g/mol. The molecule has 0 radical (unpaired) electrons. The molecular weight excluding hydrogens is 269 g/mol. The molecule has 1 aliphatic heterocycles. The topological polar surface area (TPSA) is 29.5 Å². The Kier molecular flexibility index (Phi) is 2.65. The maximum Gasteiger partial charge on any atom is 0.414 e. The van der Waals surface area contributed by atoms with Gasteiger partial charge in [-0.15, -0.1) is 0 Å². The Balaban J connectivity index is 2.41. The molecule has 1 aliphatic rings. The molecule has 1 fully saturated rings. The number of benzene rings is 1. The van der Waals surface area contributed by atoms with E-state index in [1.807, 2.05) is 6.07 Å². The van der Waals surface area contributed by atoms with E-state index in [0.29, 0.717) is 18.2 Å². The molecule has 1 saturated heterocycles. The highest BCUT2D eigenvalue weighted by atomic mass is 79.9. The Morgan fingerprint density at radius 2 is 2.29 bits per heavy atom. The molecule has 2 rings (SSSR count). The van der Waals surface area contributed by atoms with Crippen LogP contribution in [-0.2, 0) is 4.74 Å². The number of amides is 1. The fraction of sp³-hybridized carbons (Fsp3) is 0.222. The molecule has 0 saturated carbocycles. The number of carbonyl (C=O) groups is 1. The Hall–Kier alpha value is -0.740. The van der Waals surface area contributed by atoms with E-state index in [1.165, 1.54) is 0 Å². The van der Waals surface area contributed by atoms with Crippen LogP contribution in [0.4, 0.5) is 10.5 Å². The zero-order valence-corrected chi connectivity index (χ0v) is 9.51. The number of anilines is 1. The highest BCUT2D eigenvalue weighted by Gasteiger charge is 2.25. The molecule has 1 heterocycles. The van der Waals surface area contributed by atoms with Crippen LogP contribution in [0.3, 0.4) is 0 Å². The zero-order valence-electron chi connectivity index (χ0n) is 7.17. The average Bonchev–Trinajstić information content (AvgIpc) is 2.57. The van der Waals surface area contributed by atoms with Crippen molar-refractivity contribution in [2.24, 2.45) is 0 Å². The van der Waals surface area contributed by atoms with Crippen LogP contribution in [0.15, 0.2) is 22.7 Å². The van der Waals surface area contributed by atoms with Crippen molar-refractivity contribution in [3.05, 3.63) is 27.7 Å². The van der Waals surface area contributed by atoms with Crippen molar-refractivity contribution in [1.29, 1.82) is 0 Å². The lowest BCUT2D eigenvalue weighted by Gasteiger charge is -2.14. The van der Waals surface area contributed by atoms with Crippen molar-refractivity contribution in [3.63, 3.8) is 0 Å². The van der Waals surface area contributed by atoms with Crippen LogP contribution in [0.5, 0.6) is 0 Å². The zero-order chi connectivity index (χ0) is 10.1. The first-order valence-electron chi connectivity index (χ1n) is 4.08. The summed E-state index contributed by atoms with van der Waals surface area (Å²) in [6, 6.07) is 5.38. The largest absolute Gasteiger partial charge is 0.447 e. The van der Waals surface area contributed by atoms with Gasteiger partial charge < -0.3 is 4.74 Å². The van der Waals surface area contributed by atoms with Gasteiger partial charge in [-0.2, -0.15) is 0 Å². The predicted molar refractivity (Wildman–Crippen MR) is 57.8 cm³/mol. The number of halogens is 2. The normalized spacial score (nSPS) is 15.9. The fourth-order valence-corrected chi connectivity index (χ4v) is 1.96. The van der Waals surface area contributed by atoms with Crippen molar-refractivity contribution < 1.29 is 9.53 Å². The molecule has 0 atom stereocenters. The van der Waals surface area contributed by atoms with E-state index >= 15 is 0 Å². The smallest absolute Gasteiger partial charge is 0.414 e. The lowest BCUT2D eigenvalue weighted by Crippen LogP contribution is -2.23. The number of rotatable bonds is 1. The molecule has 0 spiro atoms.